The number of esters is 5. The van der Waals surface area contributed by atoms with Crippen LogP contribution in [0, 0.1) is 0 Å². The highest BCUT2D eigenvalue weighted by molar-refractivity contribution is 9.12. The molecule has 0 aromatic heterocycles. The minimum atomic E-state index is -4.28. The second-order valence-electron chi connectivity index (χ2n) is 11.0. The summed E-state index contributed by atoms with van der Waals surface area (Å²) in [6, 6.07) is 0. The second kappa shape index (κ2) is 20.3. The first-order valence-electron chi connectivity index (χ1n) is 15.2. The predicted octanol–water partition coefficient (Wildman–Crippen LogP) is 0.162. The van der Waals surface area contributed by atoms with Crippen molar-refractivity contribution in [1.29, 1.82) is 0 Å². The standard InChI is InChI=1S/C30H38Br3N3O19/c1-12(38)36(8)25-22(32)20(27(47)34-9-10-49-13(2)39)21(31)24(23(25)33)35-30(52-16(5)42,53-17(6)43)29(51-15(4)41,55-54-18(7)44)28(48,50-14(3)40)26(46)19(45)11-37/h19,26,35,37,45-46,48H,9-11H2,1-8H3,(H,34,47)/t19-,26-,28-,29-/m1/s1. The van der Waals surface area contributed by atoms with Crippen molar-refractivity contribution in [2.75, 3.05) is 37.0 Å². The second-order valence-corrected chi connectivity index (χ2v) is 13.4. The first-order valence-corrected chi connectivity index (χ1v) is 17.6. The van der Waals surface area contributed by atoms with Gasteiger partial charge in [-0.25, -0.2) is 4.79 Å². The van der Waals surface area contributed by atoms with Gasteiger partial charge < -0.3 is 59.6 Å². The molecule has 0 saturated heterocycles. The first-order chi connectivity index (χ1) is 25.2. The van der Waals surface area contributed by atoms with E-state index in [4.69, 9.17) is 28.6 Å². The molecular weight excluding hydrogens is 946 g/mol. The minimum Gasteiger partial charge on any atom is -0.464 e. The lowest BCUT2D eigenvalue weighted by Gasteiger charge is -2.51. The molecule has 22 nitrogen and oxygen atoms in total. The van der Waals surface area contributed by atoms with Crippen LogP contribution in [-0.4, -0.2) is 125 Å². The Balaban J connectivity index is 4.80. The first kappa shape index (κ1) is 49.0. The molecule has 2 amide bonds. The van der Waals surface area contributed by atoms with Crippen LogP contribution >= 0.6 is 47.8 Å². The number of carbonyl (C=O) groups excluding carboxylic acids is 8. The normalized spacial score (nSPS) is 14.4. The molecule has 0 unspecified atom stereocenters. The van der Waals surface area contributed by atoms with E-state index in [2.05, 4.69) is 63.3 Å². The Labute approximate surface area is 337 Å². The molecule has 25 heteroatoms. The molecule has 0 bridgehead atoms. The van der Waals surface area contributed by atoms with E-state index < -0.39 is 99.7 Å². The highest BCUT2D eigenvalue weighted by Gasteiger charge is 2.81. The molecule has 0 radical (unpaired) electrons. The number of nitrogens with zero attached hydrogens (tertiary/aromatic N) is 1. The van der Waals surface area contributed by atoms with Crippen molar-refractivity contribution in [2.45, 2.75) is 78.2 Å². The van der Waals surface area contributed by atoms with Gasteiger partial charge in [0.05, 0.1) is 43.5 Å². The summed E-state index contributed by atoms with van der Waals surface area (Å²) < 4.78 is 24.8. The summed E-state index contributed by atoms with van der Waals surface area (Å²) in [6.45, 7) is 3.37. The zero-order chi connectivity index (χ0) is 42.8. The average Bonchev–Trinajstić information content (AvgIpc) is 3.04. The summed E-state index contributed by atoms with van der Waals surface area (Å²) in [6.07, 6.45) is -5.71. The lowest BCUT2D eigenvalue weighted by molar-refractivity contribution is -0.531. The van der Waals surface area contributed by atoms with Gasteiger partial charge in [0.2, 0.25) is 5.91 Å². The van der Waals surface area contributed by atoms with Gasteiger partial charge in [-0.1, -0.05) is 0 Å². The molecule has 55 heavy (non-hydrogen) atoms. The van der Waals surface area contributed by atoms with Gasteiger partial charge in [0.15, 0.2) is 6.10 Å². The van der Waals surface area contributed by atoms with Crippen LogP contribution in [-0.2, 0) is 67.0 Å². The van der Waals surface area contributed by atoms with Gasteiger partial charge in [-0.3, -0.25) is 38.4 Å². The smallest absolute Gasteiger partial charge is 0.421 e. The SMILES string of the molecule is CC(=O)OCCNC(=O)c1c(Br)c(NC(OC(C)=O)(OC(C)=O)[C@@](OOC(C)=O)(OC(C)=O)[C@](O)(OC(C)=O)[C@H](O)[C@H](O)CO)c(Br)c(N(C)C(C)=O)c1Br. The summed E-state index contributed by atoms with van der Waals surface area (Å²) >= 11 is 9.70. The molecule has 0 aliphatic carbocycles. The Hall–Kier alpha value is -3.98. The van der Waals surface area contributed by atoms with E-state index in [1.54, 1.807) is 0 Å². The molecule has 308 valence electrons. The van der Waals surface area contributed by atoms with E-state index in [-0.39, 0.29) is 27.8 Å². The van der Waals surface area contributed by atoms with Crippen molar-refractivity contribution in [1.82, 2.24) is 5.32 Å². The molecule has 0 heterocycles. The maximum Gasteiger partial charge on any atom is 0.421 e. The van der Waals surface area contributed by atoms with Gasteiger partial charge >= 0.3 is 53.3 Å². The van der Waals surface area contributed by atoms with Crippen LogP contribution in [0.5, 0.6) is 0 Å². The summed E-state index contributed by atoms with van der Waals surface area (Å²) in [5.74, 6) is -22.6. The molecule has 4 atom stereocenters. The number of aliphatic hydroxyl groups is 4. The van der Waals surface area contributed by atoms with Crippen LogP contribution in [0.15, 0.2) is 13.4 Å². The van der Waals surface area contributed by atoms with E-state index in [1.165, 1.54) is 7.05 Å². The van der Waals surface area contributed by atoms with Crippen LogP contribution in [0.4, 0.5) is 11.4 Å². The van der Waals surface area contributed by atoms with Crippen LogP contribution in [0.25, 0.3) is 0 Å². The Morgan fingerprint density at radius 3 is 1.67 bits per heavy atom. The third kappa shape index (κ3) is 11.5. The Morgan fingerprint density at radius 1 is 0.745 bits per heavy atom. The van der Waals surface area contributed by atoms with Crippen molar-refractivity contribution in [3.05, 3.63) is 19.0 Å². The summed E-state index contributed by atoms with van der Waals surface area (Å²) in [5, 5.41) is 48.5. The number of hydrogen-bond acceptors (Lipinski definition) is 20. The lowest BCUT2D eigenvalue weighted by Crippen LogP contribution is -2.80. The van der Waals surface area contributed by atoms with Gasteiger partial charge in [0.25, 0.3) is 5.91 Å². The van der Waals surface area contributed by atoms with Gasteiger partial charge in [-0.05, 0) is 47.8 Å². The van der Waals surface area contributed by atoms with Crippen molar-refractivity contribution in [2.24, 2.45) is 0 Å². The predicted molar refractivity (Wildman–Crippen MR) is 191 cm³/mol. The lowest BCUT2D eigenvalue weighted by atomic mass is 9.91. The van der Waals surface area contributed by atoms with Gasteiger partial charge in [-0.2, -0.15) is 0 Å². The molecule has 0 spiro atoms. The fourth-order valence-corrected chi connectivity index (χ4v) is 7.52. The molecular formula is C30H38Br3N3O19. The number of carbonyl (C=O) groups is 8. The Kier molecular flexibility index (Phi) is 18.1. The monoisotopic (exact) mass is 981 g/mol. The number of benzene rings is 1. The van der Waals surface area contributed by atoms with E-state index in [0.29, 0.717) is 34.6 Å². The van der Waals surface area contributed by atoms with E-state index in [1.807, 2.05) is 0 Å². The minimum absolute atomic E-state index is 0.134. The maximum absolute atomic E-state index is 13.7. The van der Waals surface area contributed by atoms with Gasteiger partial charge in [-0.15, -0.1) is 4.89 Å². The van der Waals surface area contributed by atoms with Crippen LogP contribution in [0.3, 0.4) is 0 Å². The number of aliphatic hydroxyl groups excluding tert-OH is 3. The highest BCUT2D eigenvalue weighted by Crippen LogP contribution is 2.51. The fourth-order valence-electron chi connectivity index (χ4n) is 4.45. The number of rotatable bonds is 18. The summed E-state index contributed by atoms with van der Waals surface area (Å²) in [4.78, 5) is 112. The van der Waals surface area contributed by atoms with Crippen molar-refractivity contribution in [3.8, 4) is 0 Å². The molecule has 0 saturated carbocycles. The Bertz CT molecular complexity index is 1680. The number of ether oxygens (including phenoxy) is 5. The summed E-state index contributed by atoms with van der Waals surface area (Å²) in [5.41, 5.74) is -1.28. The summed E-state index contributed by atoms with van der Waals surface area (Å²) in [7, 11) is 1.23. The zero-order valence-corrected chi connectivity index (χ0v) is 35.0. The van der Waals surface area contributed by atoms with E-state index in [0.717, 1.165) is 18.7 Å². The molecule has 1 rings (SSSR count). The van der Waals surface area contributed by atoms with Crippen molar-refractivity contribution in [3.63, 3.8) is 0 Å². The van der Waals surface area contributed by atoms with Crippen LogP contribution < -0.4 is 15.5 Å². The van der Waals surface area contributed by atoms with Gasteiger partial charge in [0, 0.05) is 55.5 Å². The molecule has 1 aromatic carbocycles. The molecule has 1 aromatic rings. The number of anilines is 2. The average molecular weight is 984 g/mol. The third-order valence-electron chi connectivity index (χ3n) is 6.61. The highest BCUT2D eigenvalue weighted by atomic mass is 79.9. The molecule has 0 aliphatic heterocycles. The fraction of sp³-hybridized carbons (Fsp3) is 0.533. The number of amides is 2. The van der Waals surface area contributed by atoms with Crippen LogP contribution in [0.2, 0.25) is 0 Å². The number of halogens is 3. The van der Waals surface area contributed by atoms with E-state index >= 15 is 0 Å². The third-order valence-corrected chi connectivity index (χ3v) is 8.94. The van der Waals surface area contributed by atoms with E-state index in [9.17, 15) is 58.8 Å². The van der Waals surface area contributed by atoms with Gasteiger partial charge in [0.1, 0.15) is 12.7 Å². The quantitative estimate of drug-likeness (QED) is 0.0285. The Morgan fingerprint density at radius 2 is 1.25 bits per heavy atom. The van der Waals surface area contributed by atoms with Crippen LogP contribution in [0.1, 0.15) is 58.8 Å². The van der Waals surface area contributed by atoms with Crippen molar-refractivity contribution < 1.29 is 92.2 Å². The molecule has 0 aliphatic rings. The van der Waals surface area contributed by atoms with Crippen molar-refractivity contribution >= 4 is 107 Å². The number of nitrogens with one attached hydrogen (secondary N) is 2. The number of hydrogen-bond donors (Lipinski definition) is 6. The molecule has 6 N–H and O–H groups in total. The topological polar surface area (TPSA) is 309 Å². The maximum atomic E-state index is 13.7. The zero-order valence-electron chi connectivity index (χ0n) is 30.3. The largest absolute Gasteiger partial charge is 0.464 e. The molecule has 0 fully saturated rings.